The van der Waals surface area contributed by atoms with Gasteiger partial charge < -0.3 is 5.32 Å². The summed E-state index contributed by atoms with van der Waals surface area (Å²) >= 11 is 0. The van der Waals surface area contributed by atoms with Gasteiger partial charge in [-0.2, -0.15) is 0 Å². The third-order valence-electron chi connectivity index (χ3n) is 2.35. The number of nitrogens with one attached hydrogen (secondary N) is 1. The molecule has 4 heteroatoms. The minimum atomic E-state index is 0.973. The molecular formula is C10H14N4. The third kappa shape index (κ3) is 1.48. The quantitative estimate of drug-likeness (QED) is 0.776. The van der Waals surface area contributed by atoms with Crippen molar-refractivity contribution in [2.24, 2.45) is 7.05 Å². The highest BCUT2D eigenvalue weighted by Gasteiger charge is 2.05. The Labute approximate surface area is 82.9 Å². The van der Waals surface area contributed by atoms with Crippen LogP contribution >= 0.6 is 0 Å². The number of rotatable bonds is 3. The zero-order valence-corrected chi connectivity index (χ0v) is 8.49. The normalized spacial score (nSPS) is 11.0. The zero-order valence-electron chi connectivity index (χ0n) is 8.49. The van der Waals surface area contributed by atoms with Gasteiger partial charge in [0.25, 0.3) is 0 Å². The smallest absolute Gasteiger partial charge is 0.113 e. The second-order valence-electron chi connectivity index (χ2n) is 3.35. The summed E-state index contributed by atoms with van der Waals surface area (Å²) in [4.78, 5) is 0. The Kier molecular flexibility index (Phi) is 2.45. The highest BCUT2D eigenvalue weighted by atomic mass is 15.4. The van der Waals surface area contributed by atoms with Gasteiger partial charge >= 0.3 is 0 Å². The molecule has 0 aliphatic rings. The van der Waals surface area contributed by atoms with Crippen molar-refractivity contribution in [2.45, 2.75) is 6.42 Å². The number of hydrogen-bond acceptors (Lipinski definition) is 3. The molecule has 2 rings (SSSR count). The molecule has 2 aromatic rings. The van der Waals surface area contributed by atoms with Crippen LogP contribution in [0, 0.1) is 0 Å². The van der Waals surface area contributed by atoms with Crippen molar-refractivity contribution in [3.63, 3.8) is 0 Å². The van der Waals surface area contributed by atoms with Gasteiger partial charge in [0.1, 0.15) is 5.52 Å². The summed E-state index contributed by atoms with van der Waals surface area (Å²) in [6.07, 6.45) is 1.01. The predicted molar refractivity (Wildman–Crippen MR) is 56.1 cm³/mol. The fourth-order valence-corrected chi connectivity index (χ4v) is 1.65. The second-order valence-corrected chi connectivity index (χ2v) is 3.35. The molecule has 1 aromatic carbocycles. The Bertz CT molecular complexity index is 433. The van der Waals surface area contributed by atoms with Crippen molar-refractivity contribution in [3.8, 4) is 0 Å². The molecule has 0 saturated heterocycles. The molecular weight excluding hydrogens is 176 g/mol. The number of aryl methyl sites for hydroxylation is 1. The number of aromatic nitrogens is 3. The molecule has 0 spiro atoms. The van der Waals surface area contributed by atoms with Crippen molar-refractivity contribution < 1.29 is 0 Å². The lowest BCUT2D eigenvalue weighted by Crippen LogP contribution is -2.11. The lowest BCUT2D eigenvalue weighted by Gasteiger charge is -2.03. The molecule has 0 fully saturated rings. The van der Waals surface area contributed by atoms with E-state index in [0.29, 0.717) is 0 Å². The molecule has 0 aliphatic carbocycles. The van der Waals surface area contributed by atoms with Crippen LogP contribution in [0.1, 0.15) is 5.56 Å². The molecule has 0 amide bonds. The second kappa shape index (κ2) is 3.75. The van der Waals surface area contributed by atoms with E-state index < -0.39 is 0 Å². The first-order valence-electron chi connectivity index (χ1n) is 4.75. The Morgan fingerprint density at radius 3 is 3.07 bits per heavy atom. The largest absolute Gasteiger partial charge is 0.319 e. The number of benzene rings is 1. The standard InChI is InChI=1S/C10H14N4/c1-11-7-6-8-4-3-5-9-10(8)14(2)13-12-9/h3-5,11H,6-7H2,1-2H3. The lowest BCUT2D eigenvalue weighted by molar-refractivity contribution is 0.729. The average molecular weight is 190 g/mol. The molecule has 0 radical (unpaired) electrons. The molecule has 74 valence electrons. The van der Waals surface area contributed by atoms with Crippen LogP contribution in [0.4, 0.5) is 0 Å². The minimum absolute atomic E-state index is 0.973. The van der Waals surface area contributed by atoms with Crippen LogP contribution in [-0.4, -0.2) is 28.6 Å². The molecule has 0 atom stereocenters. The summed E-state index contributed by atoms with van der Waals surface area (Å²) in [7, 11) is 3.89. The van der Waals surface area contributed by atoms with Gasteiger partial charge in [-0.3, -0.25) is 0 Å². The first-order chi connectivity index (χ1) is 6.83. The van der Waals surface area contributed by atoms with E-state index in [2.05, 4.69) is 21.7 Å². The average Bonchev–Trinajstić information content (AvgIpc) is 2.58. The number of hydrogen-bond donors (Lipinski definition) is 1. The maximum Gasteiger partial charge on any atom is 0.113 e. The van der Waals surface area contributed by atoms with Crippen LogP contribution in [0.25, 0.3) is 11.0 Å². The van der Waals surface area contributed by atoms with E-state index in [1.165, 1.54) is 5.56 Å². The van der Waals surface area contributed by atoms with Crippen molar-refractivity contribution >= 4 is 11.0 Å². The first-order valence-corrected chi connectivity index (χ1v) is 4.75. The number of nitrogens with zero attached hydrogens (tertiary/aromatic N) is 3. The summed E-state index contributed by atoms with van der Waals surface area (Å²) in [5, 5.41) is 11.2. The topological polar surface area (TPSA) is 42.7 Å². The summed E-state index contributed by atoms with van der Waals surface area (Å²) < 4.78 is 1.83. The molecule has 0 unspecified atom stereocenters. The molecule has 1 aromatic heterocycles. The monoisotopic (exact) mass is 190 g/mol. The summed E-state index contributed by atoms with van der Waals surface area (Å²) in [5.74, 6) is 0. The van der Waals surface area contributed by atoms with Crippen LogP contribution < -0.4 is 5.32 Å². The molecule has 14 heavy (non-hydrogen) atoms. The SMILES string of the molecule is CNCCc1cccc2nnn(C)c12. The van der Waals surface area contributed by atoms with Crippen LogP contribution in [0.5, 0.6) is 0 Å². The molecule has 1 N–H and O–H groups in total. The number of likely N-dealkylation sites (N-methyl/N-ethyl adjacent to an activating group) is 1. The van der Waals surface area contributed by atoms with E-state index in [1.54, 1.807) is 0 Å². The van der Waals surface area contributed by atoms with Crippen LogP contribution in [0.3, 0.4) is 0 Å². The van der Waals surface area contributed by atoms with Crippen LogP contribution in [0.2, 0.25) is 0 Å². The Morgan fingerprint density at radius 2 is 2.29 bits per heavy atom. The molecule has 0 aliphatic heterocycles. The van der Waals surface area contributed by atoms with Crippen LogP contribution in [-0.2, 0) is 13.5 Å². The van der Waals surface area contributed by atoms with Gasteiger partial charge in [0, 0.05) is 7.05 Å². The fourth-order valence-electron chi connectivity index (χ4n) is 1.65. The first kappa shape index (κ1) is 9.15. The number of fused-ring (bicyclic) bond motifs is 1. The third-order valence-corrected chi connectivity index (χ3v) is 2.35. The van der Waals surface area contributed by atoms with E-state index in [9.17, 15) is 0 Å². The van der Waals surface area contributed by atoms with Gasteiger partial charge in [-0.1, -0.05) is 17.3 Å². The van der Waals surface area contributed by atoms with Gasteiger partial charge in [-0.15, -0.1) is 5.10 Å². The van der Waals surface area contributed by atoms with Gasteiger partial charge in [0.2, 0.25) is 0 Å². The summed E-state index contributed by atoms with van der Waals surface area (Å²) in [5.41, 5.74) is 3.41. The van der Waals surface area contributed by atoms with E-state index >= 15 is 0 Å². The van der Waals surface area contributed by atoms with Crippen molar-refractivity contribution in [1.82, 2.24) is 20.3 Å². The lowest BCUT2D eigenvalue weighted by atomic mass is 10.1. The Morgan fingerprint density at radius 1 is 1.43 bits per heavy atom. The molecule has 4 nitrogen and oxygen atoms in total. The highest BCUT2D eigenvalue weighted by Crippen LogP contribution is 2.15. The van der Waals surface area contributed by atoms with Crippen LogP contribution in [0.15, 0.2) is 18.2 Å². The van der Waals surface area contributed by atoms with Gasteiger partial charge in [0.15, 0.2) is 0 Å². The predicted octanol–water partition coefficient (Wildman–Crippen LogP) is 0.730. The van der Waals surface area contributed by atoms with E-state index in [4.69, 9.17) is 0 Å². The maximum atomic E-state index is 4.08. The van der Waals surface area contributed by atoms with Gasteiger partial charge in [-0.25, -0.2) is 4.68 Å². The minimum Gasteiger partial charge on any atom is -0.319 e. The van der Waals surface area contributed by atoms with Crippen molar-refractivity contribution in [2.75, 3.05) is 13.6 Å². The molecule has 0 saturated carbocycles. The van der Waals surface area contributed by atoms with E-state index in [-0.39, 0.29) is 0 Å². The van der Waals surface area contributed by atoms with E-state index in [1.807, 2.05) is 30.9 Å². The zero-order chi connectivity index (χ0) is 9.97. The van der Waals surface area contributed by atoms with E-state index in [0.717, 1.165) is 24.0 Å². The van der Waals surface area contributed by atoms with Gasteiger partial charge in [-0.05, 0) is 31.6 Å². The molecule has 1 heterocycles. The summed E-state index contributed by atoms with van der Waals surface area (Å²) in [6, 6.07) is 6.15. The van der Waals surface area contributed by atoms with Crippen molar-refractivity contribution in [3.05, 3.63) is 23.8 Å². The summed E-state index contributed by atoms with van der Waals surface area (Å²) in [6.45, 7) is 0.976. The Balaban J connectivity index is 2.46. The molecule has 0 bridgehead atoms. The van der Waals surface area contributed by atoms with Gasteiger partial charge in [0.05, 0.1) is 5.52 Å². The Hall–Kier alpha value is -1.42. The maximum absolute atomic E-state index is 4.08. The number of para-hydroxylation sites is 1. The highest BCUT2D eigenvalue weighted by molar-refractivity contribution is 5.77. The van der Waals surface area contributed by atoms with Crippen molar-refractivity contribution in [1.29, 1.82) is 0 Å². The fraction of sp³-hybridized carbons (Fsp3) is 0.400.